The first-order valence-corrected chi connectivity index (χ1v) is 23.3. The number of furan rings is 1. The molecule has 0 fully saturated rings. The molecule has 4 aromatic heterocycles. The molecule has 0 saturated heterocycles. The van der Waals surface area contributed by atoms with E-state index >= 15 is 4.39 Å². The van der Waals surface area contributed by atoms with Crippen LogP contribution in [0.5, 0.6) is 0 Å². The van der Waals surface area contributed by atoms with Gasteiger partial charge in [0, 0.05) is 24.0 Å². The Morgan fingerprint density at radius 3 is 1.42 bits per heavy atom. The van der Waals surface area contributed by atoms with Crippen LogP contribution in [0.2, 0.25) is 0 Å². The summed E-state index contributed by atoms with van der Waals surface area (Å²) in [7, 11) is 0. The molecule has 0 saturated carbocycles. The van der Waals surface area contributed by atoms with Crippen LogP contribution in [0.1, 0.15) is 76.3 Å². The molecule has 0 bridgehead atoms. The Hall–Kier alpha value is -6.85. The third kappa shape index (κ3) is 9.88. The molecular formula is C63H53FIrN3O. The van der Waals surface area contributed by atoms with Gasteiger partial charge in [0.25, 0.3) is 0 Å². The summed E-state index contributed by atoms with van der Waals surface area (Å²) in [5.74, 6) is -0.608. The van der Waals surface area contributed by atoms with E-state index in [2.05, 4.69) is 108 Å². The minimum Gasteiger partial charge on any atom is -0.500 e. The first kappa shape index (κ1) is 45.9. The largest absolute Gasteiger partial charge is 3.00 e. The Labute approximate surface area is 420 Å². The molecule has 0 aliphatic carbocycles. The maximum Gasteiger partial charge on any atom is 3.00 e. The molecule has 4 heterocycles. The molecule has 0 spiro atoms. The summed E-state index contributed by atoms with van der Waals surface area (Å²) < 4.78 is 30.7. The SMILES string of the molecule is [2H]c1cc2c(oc3c(-c4ccc(C(C)(C)Cc5cc(CC(C)(C)c6ccc(-c7[c-]cccc7)nc6)cc(CC(C)(C)c6ccc(-c7[c-]cccc7)nc6)c5)cn4)[c-]ccc32)c(-c2ccccc2)c1F.[Ir+3]. The normalized spacial score (nSPS) is 12.2. The zero-order valence-corrected chi connectivity index (χ0v) is 42.1. The molecule has 0 unspecified atom stereocenters. The van der Waals surface area contributed by atoms with Crippen LogP contribution >= 0.6 is 0 Å². The van der Waals surface area contributed by atoms with Gasteiger partial charge in [0.15, 0.2) is 0 Å². The van der Waals surface area contributed by atoms with Crippen LogP contribution in [-0.2, 0) is 55.6 Å². The number of rotatable bonds is 13. The number of nitrogens with zero attached hydrogens (tertiary/aromatic N) is 3. The minimum atomic E-state index is -0.608. The average molecular weight is 1080 g/mol. The van der Waals surface area contributed by atoms with Crippen molar-refractivity contribution in [2.45, 2.75) is 77.0 Å². The van der Waals surface area contributed by atoms with Crippen molar-refractivity contribution in [3.63, 3.8) is 0 Å². The third-order valence-electron chi connectivity index (χ3n) is 13.5. The van der Waals surface area contributed by atoms with Gasteiger partial charge in [-0.25, -0.2) is 4.39 Å². The number of pyridine rings is 3. The molecule has 0 atom stereocenters. The Bertz CT molecular complexity index is 3310. The van der Waals surface area contributed by atoms with Gasteiger partial charge in [-0.15, -0.1) is 90.0 Å². The second-order valence-electron chi connectivity index (χ2n) is 20.0. The predicted octanol–water partition coefficient (Wildman–Crippen LogP) is 15.5. The smallest absolute Gasteiger partial charge is 0.500 e. The summed E-state index contributed by atoms with van der Waals surface area (Å²) in [6, 6.07) is 60.3. The second-order valence-corrected chi connectivity index (χ2v) is 20.0. The van der Waals surface area contributed by atoms with E-state index in [4.69, 9.17) is 20.7 Å². The van der Waals surface area contributed by atoms with Crippen LogP contribution in [0.15, 0.2) is 181 Å². The van der Waals surface area contributed by atoms with Crippen molar-refractivity contribution >= 4 is 21.9 Å². The van der Waals surface area contributed by atoms with E-state index in [1.807, 2.05) is 116 Å². The van der Waals surface area contributed by atoms with Crippen LogP contribution in [-0.4, -0.2) is 15.0 Å². The van der Waals surface area contributed by atoms with Crippen molar-refractivity contribution in [2.75, 3.05) is 0 Å². The van der Waals surface area contributed by atoms with Crippen LogP contribution < -0.4 is 0 Å². The summed E-state index contributed by atoms with van der Waals surface area (Å²) in [6.07, 6.45) is 8.47. The first-order valence-electron chi connectivity index (χ1n) is 23.8. The summed E-state index contributed by atoms with van der Waals surface area (Å²) in [5, 5.41) is 1.47. The fraction of sp³-hybridized carbons (Fsp3) is 0.190. The van der Waals surface area contributed by atoms with E-state index in [0.717, 1.165) is 52.7 Å². The van der Waals surface area contributed by atoms with Crippen molar-refractivity contribution in [3.05, 3.63) is 234 Å². The van der Waals surface area contributed by atoms with Crippen molar-refractivity contribution in [1.29, 1.82) is 0 Å². The van der Waals surface area contributed by atoms with Gasteiger partial charge in [-0.1, -0.05) is 137 Å². The molecule has 10 rings (SSSR count). The molecular weight excluding hydrogens is 1030 g/mol. The molecule has 6 aromatic carbocycles. The number of aromatic nitrogens is 3. The number of hydrogen-bond acceptors (Lipinski definition) is 4. The van der Waals surface area contributed by atoms with E-state index < -0.39 is 5.82 Å². The molecule has 10 aromatic rings. The van der Waals surface area contributed by atoms with E-state index in [-0.39, 0.29) is 48.0 Å². The van der Waals surface area contributed by atoms with Gasteiger partial charge in [0.1, 0.15) is 11.4 Å². The minimum absolute atomic E-state index is 0. The molecule has 69 heavy (non-hydrogen) atoms. The zero-order chi connectivity index (χ0) is 47.9. The van der Waals surface area contributed by atoms with Crippen LogP contribution in [0.25, 0.3) is 66.8 Å². The number of fused-ring (bicyclic) bond motifs is 3. The molecule has 0 radical (unpaired) electrons. The van der Waals surface area contributed by atoms with E-state index in [1.54, 1.807) is 6.07 Å². The van der Waals surface area contributed by atoms with Gasteiger partial charge >= 0.3 is 20.1 Å². The summed E-state index contributed by atoms with van der Waals surface area (Å²) >= 11 is 0. The van der Waals surface area contributed by atoms with E-state index in [9.17, 15) is 0 Å². The summed E-state index contributed by atoms with van der Waals surface area (Å²) in [5.41, 5.74) is 13.7. The van der Waals surface area contributed by atoms with E-state index in [1.165, 1.54) is 27.8 Å². The van der Waals surface area contributed by atoms with Gasteiger partial charge in [0.05, 0.1) is 12.5 Å². The third-order valence-corrected chi connectivity index (χ3v) is 13.5. The number of benzene rings is 6. The van der Waals surface area contributed by atoms with Crippen molar-refractivity contribution in [2.24, 2.45) is 0 Å². The Kier molecular flexibility index (Phi) is 12.8. The Morgan fingerprint density at radius 1 is 0.507 bits per heavy atom. The molecule has 6 heteroatoms. The van der Waals surface area contributed by atoms with Crippen LogP contribution in [0, 0.1) is 24.0 Å². The standard InChI is InChI=1S/C63H53FN3O.Ir/c1-61(2,48-25-30-55(65-39-48)45-17-10-7-11-18-45)36-42-33-43(37-62(3,4)49-26-31-56(66-40-49)46-19-12-8-13-20-46)35-44(34-42)38-63(5,6)50-27-32-57(67-41-50)53-24-16-23-51-52-28-29-54(64)58(60(52)68-59(51)53)47-21-14-9-15-22-47;/h7-17,19,21-23,25-35,39-41H,36-38H2,1-6H3;/q-3;+3/i29D;. The summed E-state index contributed by atoms with van der Waals surface area (Å²) in [4.78, 5) is 14.8. The van der Waals surface area contributed by atoms with Gasteiger partial charge in [-0.3, -0.25) is 0 Å². The molecule has 0 N–H and O–H groups in total. The van der Waals surface area contributed by atoms with E-state index in [0.29, 0.717) is 33.4 Å². The van der Waals surface area contributed by atoms with Crippen LogP contribution in [0.3, 0.4) is 0 Å². The van der Waals surface area contributed by atoms with Crippen molar-refractivity contribution in [1.82, 2.24) is 15.0 Å². The number of halogens is 1. The Balaban J connectivity index is 0.00000608. The molecule has 0 amide bonds. The van der Waals surface area contributed by atoms with Gasteiger partial charge < -0.3 is 19.4 Å². The van der Waals surface area contributed by atoms with Crippen molar-refractivity contribution in [3.8, 4) is 44.9 Å². The van der Waals surface area contributed by atoms with Crippen molar-refractivity contribution < 1.29 is 30.3 Å². The molecule has 0 aliphatic rings. The average Bonchev–Trinajstić information content (AvgIpc) is 3.72. The topological polar surface area (TPSA) is 51.8 Å². The van der Waals surface area contributed by atoms with Gasteiger partial charge in [-0.2, -0.15) is 0 Å². The summed E-state index contributed by atoms with van der Waals surface area (Å²) in [6.45, 7) is 13.8. The fourth-order valence-electron chi connectivity index (χ4n) is 9.71. The number of hydrogen-bond donors (Lipinski definition) is 0. The zero-order valence-electron chi connectivity index (χ0n) is 40.7. The maximum absolute atomic E-state index is 15.7. The predicted molar refractivity (Wildman–Crippen MR) is 275 cm³/mol. The van der Waals surface area contributed by atoms with Crippen LogP contribution in [0.4, 0.5) is 4.39 Å². The molecule has 0 aliphatic heterocycles. The fourth-order valence-corrected chi connectivity index (χ4v) is 9.71. The monoisotopic (exact) mass is 1080 g/mol. The van der Waals surface area contributed by atoms with Gasteiger partial charge in [0.2, 0.25) is 0 Å². The Morgan fingerprint density at radius 2 is 0.971 bits per heavy atom. The maximum atomic E-state index is 15.7. The quantitative estimate of drug-likeness (QED) is 0.108. The van der Waals surface area contributed by atoms with Gasteiger partial charge in [-0.05, 0) is 104 Å². The first-order chi connectivity index (χ1) is 33.2. The second kappa shape index (κ2) is 19.3. The molecule has 4 nitrogen and oxygen atoms in total. The molecule has 342 valence electrons.